The van der Waals surface area contributed by atoms with Crippen molar-refractivity contribution < 1.29 is 4.74 Å². The van der Waals surface area contributed by atoms with Crippen LogP contribution in [0.15, 0.2) is 46.8 Å². The highest BCUT2D eigenvalue weighted by atomic mass is 32.1. The second-order valence-electron chi connectivity index (χ2n) is 5.16. The molecule has 0 saturated heterocycles. The number of ether oxygens (including phenoxy) is 1. The van der Waals surface area contributed by atoms with E-state index >= 15 is 0 Å². The van der Waals surface area contributed by atoms with Crippen LogP contribution in [-0.2, 0) is 13.0 Å². The third kappa shape index (κ3) is 6.32. The molecule has 1 heterocycles. The molecule has 0 radical (unpaired) electrons. The van der Waals surface area contributed by atoms with Gasteiger partial charge in [0, 0.05) is 18.0 Å². The van der Waals surface area contributed by atoms with Crippen LogP contribution in [0, 0.1) is 0 Å². The summed E-state index contributed by atoms with van der Waals surface area (Å²) >= 11 is 1.74. The van der Waals surface area contributed by atoms with E-state index in [4.69, 9.17) is 4.74 Å². The summed E-state index contributed by atoms with van der Waals surface area (Å²) < 4.78 is 5.25. The molecule has 5 heteroatoms. The molecular formula is C18H25N3OS. The summed E-state index contributed by atoms with van der Waals surface area (Å²) in [6.45, 7) is 4.57. The third-order valence-electron chi connectivity index (χ3n) is 3.39. The van der Waals surface area contributed by atoms with Crippen LogP contribution in [0.25, 0.3) is 0 Å². The van der Waals surface area contributed by atoms with Crippen LogP contribution in [0.4, 0.5) is 0 Å². The van der Waals surface area contributed by atoms with Crippen LogP contribution in [0.2, 0.25) is 0 Å². The molecule has 0 amide bonds. The monoisotopic (exact) mass is 331 g/mol. The van der Waals surface area contributed by atoms with Crippen LogP contribution in [0.5, 0.6) is 5.75 Å². The van der Waals surface area contributed by atoms with Crippen molar-refractivity contribution in [2.24, 2.45) is 4.99 Å². The lowest BCUT2D eigenvalue weighted by atomic mass is 10.1. The second-order valence-corrected chi connectivity index (χ2v) is 6.19. The predicted octanol–water partition coefficient (Wildman–Crippen LogP) is 3.44. The quantitative estimate of drug-likeness (QED) is 0.442. The smallest absolute Gasteiger partial charge is 0.191 e. The molecule has 124 valence electrons. The Bertz CT molecular complexity index is 596. The van der Waals surface area contributed by atoms with Gasteiger partial charge in [-0.05, 0) is 48.9 Å². The minimum Gasteiger partial charge on any atom is -0.497 e. The molecular weight excluding hydrogens is 306 g/mol. The maximum atomic E-state index is 5.25. The molecule has 23 heavy (non-hydrogen) atoms. The van der Waals surface area contributed by atoms with Crippen molar-refractivity contribution in [1.82, 2.24) is 10.6 Å². The number of hydrogen-bond donors (Lipinski definition) is 2. The largest absolute Gasteiger partial charge is 0.497 e. The normalized spacial score (nSPS) is 11.3. The van der Waals surface area contributed by atoms with Crippen molar-refractivity contribution in [2.45, 2.75) is 26.3 Å². The Morgan fingerprint density at radius 1 is 1.22 bits per heavy atom. The topological polar surface area (TPSA) is 45.7 Å². The Hall–Kier alpha value is -2.01. The van der Waals surface area contributed by atoms with Crippen molar-refractivity contribution in [3.63, 3.8) is 0 Å². The molecule has 1 aromatic heterocycles. The molecule has 0 atom stereocenters. The zero-order chi connectivity index (χ0) is 16.3. The number of nitrogens with one attached hydrogen (secondary N) is 2. The fraction of sp³-hybridized carbons (Fsp3) is 0.389. The molecule has 0 aliphatic carbocycles. The number of aliphatic imine (C=N–C) groups is 1. The van der Waals surface area contributed by atoms with Gasteiger partial charge < -0.3 is 15.4 Å². The van der Waals surface area contributed by atoms with Gasteiger partial charge in [0.05, 0.1) is 13.7 Å². The molecule has 0 aliphatic heterocycles. The van der Waals surface area contributed by atoms with E-state index in [1.54, 1.807) is 18.4 Å². The van der Waals surface area contributed by atoms with E-state index in [2.05, 4.69) is 52.2 Å². The first kappa shape index (κ1) is 17.3. The molecule has 0 spiro atoms. The number of hydrogen-bond acceptors (Lipinski definition) is 3. The Balaban J connectivity index is 1.76. The lowest BCUT2D eigenvalue weighted by Gasteiger charge is -2.11. The lowest BCUT2D eigenvalue weighted by Crippen LogP contribution is -2.37. The molecule has 4 nitrogen and oxygen atoms in total. The summed E-state index contributed by atoms with van der Waals surface area (Å²) in [7, 11) is 1.70. The van der Waals surface area contributed by atoms with Gasteiger partial charge in [-0.1, -0.05) is 18.2 Å². The van der Waals surface area contributed by atoms with Crippen LogP contribution in [-0.4, -0.2) is 26.2 Å². The summed E-state index contributed by atoms with van der Waals surface area (Å²) in [5.74, 6) is 1.80. The predicted molar refractivity (Wildman–Crippen MR) is 98.5 cm³/mol. The molecule has 0 unspecified atom stereocenters. The minimum atomic E-state index is 0.725. The SMILES string of the molecule is CCNC(=NCc1cccs1)NCCCc1cccc(OC)c1. The number of thiophene rings is 1. The standard InChI is InChI=1S/C18H25N3OS/c1-3-19-18(21-14-17-10-6-12-23-17)20-11-5-8-15-7-4-9-16(13-15)22-2/h4,6-7,9-10,12-13H,3,5,8,11,14H2,1-2H3,(H2,19,20,21). The molecule has 2 aromatic rings. The average Bonchev–Trinajstić information content (AvgIpc) is 3.10. The van der Waals surface area contributed by atoms with E-state index in [1.165, 1.54) is 10.4 Å². The highest BCUT2D eigenvalue weighted by Crippen LogP contribution is 2.13. The van der Waals surface area contributed by atoms with Crippen LogP contribution in [0.3, 0.4) is 0 Å². The van der Waals surface area contributed by atoms with E-state index in [0.717, 1.165) is 44.2 Å². The summed E-state index contributed by atoms with van der Waals surface area (Å²) in [5, 5.41) is 8.76. The fourth-order valence-corrected chi connectivity index (χ4v) is 2.86. The summed E-state index contributed by atoms with van der Waals surface area (Å²) in [4.78, 5) is 5.89. The first-order valence-corrected chi connectivity index (χ1v) is 8.87. The van der Waals surface area contributed by atoms with Gasteiger partial charge in [0.15, 0.2) is 5.96 Å². The maximum Gasteiger partial charge on any atom is 0.191 e. The van der Waals surface area contributed by atoms with E-state index in [1.807, 2.05) is 12.1 Å². The highest BCUT2D eigenvalue weighted by molar-refractivity contribution is 7.09. The fourth-order valence-electron chi connectivity index (χ4n) is 2.23. The lowest BCUT2D eigenvalue weighted by molar-refractivity contribution is 0.414. The highest BCUT2D eigenvalue weighted by Gasteiger charge is 1.99. The summed E-state index contributed by atoms with van der Waals surface area (Å²) in [6.07, 6.45) is 2.07. The Morgan fingerprint density at radius 2 is 2.13 bits per heavy atom. The Kier molecular flexibility index (Phi) is 7.46. The van der Waals surface area contributed by atoms with Gasteiger partial charge in [-0.25, -0.2) is 4.99 Å². The molecule has 1 aromatic carbocycles. The van der Waals surface area contributed by atoms with Gasteiger partial charge >= 0.3 is 0 Å². The van der Waals surface area contributed by atoms with E-state index in [9.17, 15) is 0 Å². The first-order chi connectivity index (χ1) is 11.3. The average molecular weight is 331 g/mol. The zero-order valence-electron chi connectivity index (χ0n) is 13.8. The van der Waals surface area contributed by atoms with Crippen molar-refractivity contribution in [3.05, 3.63) is 52.2 Å². The molecule has 0 aliphatic rings. The third-order valence-corrected chi connectivity index (χ3v) is 4.25. The number of rotatable bonds is 8. The number of methoxy groups -OCH3 is 1. The van der Waals surface area contributed by atoms with Crippen LogP contribution < -0.4 is 15.4 Å². The van der Waals surface area contributed by atoms with Crippen molar-refractivity contribution in [3.8, 4) is 5.75 Å². The van der Waals surface area contributed by atoms with Gasteiger partial charge in [-0.3, -0.25) is 0 Å². The number of aryl methyl sites for hydroxylation is 1. The number of guanidine groups is 1. The molecule has 2 N–H and O–H groups in total. The Labute approximate surface area is 142 Å². The number of benzene rings is 1. The van der Waals surface area contributed by atoms with Gasteiger partial charge in [0.2, 0.25) is 0 Å². The van der Waals surface area contributed by atoms with Crippen molar-refractivity contribution >= 4 is 17.3 Å². The molecule has 0 saturated carbocycles. The van der Waals surface area contributed by atoms with Gasteiger partial charge in [-0.15, -0.1) is 11.3 Å². The second kappa shape index (κ2) is 9.90. The van der Waals surface area contributed by atoms with E-state index in [-0.39, 0.29) is 0 Å². The van der Waals surface area contributed by atoms with Crippen LogP contribution >= 0.6 is 11.3 Å². The maximum absolute atomic E-state index is 5.25. The Morgan fingerprint density at radius 3 is 2.87 bits per heavy atom. The molecule has 0 bridgehead atoms. The van der Waals surface area contributed by atoms with Crippen molar-refractivity contribution in [2.75, 3.05) is 20.2 Å². The van der Waals surface area contributed by atoms with E-state index in [0.29, 0.717) is 0 Å². The minimum absolute atomic E-state index is 0.725. The molecule has 2 rings (SSSR count). The van der Waals surface area contributed by atoms with E-state index < -0.39 is 0 Å². The van der Waals surface area contributed by atoms with Crippen molar-refractivity contribution in [1.29, 1.82) is 0 Å². The number of nitrogens with zero attached hydrogens (tertiary/aromatic N) is 1. The van der Waals surface area contributed by atoms with Gasteiger partial charge in [-0.2, -0.15) is 0 Å². The zero-order valence-corrected chi connectivity index (χ0v) is 14.7. The van der Waals surface area contributed by atoms with Crippen LogP contribution in [0.1, 0.15) is 23.8 Å². The molecule has 0 fully saturated rings. The first-order valence-electron chi connectivity index (χ1n) is 7.99. The summed E-state index contributed by atoms with van der Waals surface area (Å²) in [5.41, 5.74) is 1.30. The van der Waals surface area contributed by atoms with Gasteiger partial charge in [0.1, 0.15) is 5.75 Å². The summed E-state index contributed by atoms with van der Waals surface area (Å²) in [6, 6.07) is 12.4. The van der Waals surface area contributed by atoms with Gasteiger partial charge in [0.25, 0.3) is 0 Å².